The Balaban J connectivity index is 1.98. The van der Waals surface area contributed by atoms with E-state index in [4.69, 9.17) is 0 Å². The number of aliphatic carboxylic acids is 1. The van der Waals surface area contributed by atoms with Gasteiger partial charge >= 0.3 is 12.0 Å². The molecule has 0 aromatic carbocycles. The molecule has 1 heterocycles. The quantitative estimate of drug-likeness (QED) is 0.803. The van der Waals surface area contributed by atoms with Crippen LogP contribution in [0.5, 0.6) is 0 Å². The van der Waals surface area contributed by atoms with Crippen LogP contribution in [0.2, 0.25) is 0 Å². The zero-order valence-corrected chi connectivity index (χ0v) is 11.8. The Morgan fingerprint density at radius 1 is 1.47 bits per heavy atom. The fourth-order valence-electron chi connectivity index (χ4n) is 3.12. The lowest BCUT2D eigenvalue weighted by molar-refractivity contribution is -0.148. The molecule has 0 spiro atoms. The zero-order chi connectivity index (χ0) is 14.0. The third-order valence-corrected chi connectivity index (χ3v) is 4.47. The first-order valence-corrected chi connectivity index (χ1v) is 7.31. The van der Waals surface area contributed by atoms with Crippen molar-refractivity contribution in [3.05, 3.63) is 0 Å². The molecule has 2 aliphatic rings. The second-order valence-corrected chi connectivity index (χ2v) is 5.98. The number of nitrogens with zero attached hydrogens (tertiary/aromatic N) is 1. The lowest BCUT2D eigenvalue weighted by atomic mass is 9.93. The summed E-state index contributed by atoms with van der Waals surface area (Å²) in [6.07, 6.45) is 5.32. The normalized spacial score (nSPS) is 28.2. The van der Waals surface area contributed by atoms with Gasteiger partial charge in [-0.05, 0) is 38.5 Å². The molecule has 2 atom stereocenters. The molecule has 1 aliphatic carbocycles. The fourth-order valence-corrected chi connectivity index (χ4v) is 3.12. The van der Waals surface area contributed by atoms with E-state index >= 15 is 0 Å². The highest BCUT2D eigenvalue weighted by Gasteiger charge is 2.48. The van der Waals surface area contributed by atoms with Gasteiger partial charge in [-0.2, -0.15) is 0 Å². The predicted octanol–water partition coefficient (Wildman–Crippen LogP) is 2.21. The molecule has 0 bridgehead atoms. The third kappa shape index (κ3) is 2.85. The maximum Gasteiger partial charge on any atom is 0.329 e. The van der Waals surface area contributed by atoms with E-state index in [0.29, 0.717) is 19.4 Å². The monoisotopic (exact) mass is 268 g/mol. The van der Waals surface area contributed by atoms with Crippen molar-refractivity contribution in [2.75, 3.05) is 6.54 Å². The van der Waals surface area contributed by atoms with Crippen LogP contribution in [0.1, 0.15) is 52.4 Å². The Morgan fingerprint density at radius 2 is 2.16 bits per heavy atom. The minimum Gasteiger partial charge on any atom is -0.479 e. The molecular weight excluding hydrogens is 244 g/mol. The molecule has 0 aromatic heterocycles. The van der Waals surface area contributed by atoms with Gasteiger partial charge in [0.15, 0.2) is 0 Å². The summed E-state index contributed by atoms with van der Waals surface area (Å²) >= 11 is 0. The van der Waals surface area contributed by atoms with Crippen molar-refractivity contribution >= 4 is 12.0 Å². The number of urea groups is 1. The van der Waals surface area contributed by atoms with Gasteiger partial charge in [0.05, 0.1) is 0 Å². The van der Waals surface area contributed by atoms with Crippen LogP contribution in [0.4, 0.5) is 4.79 Å². The first-order valence-electron chi connectivity index (χ1n) is 7.31. The van der Waals surface area contributed by atoms with E-state index in [1.54, 1.807) is 0 Å². The summed E-state index contributed by atoms with van der Waals surface area (Å²) in [5.74, 6) is -0.123. The molecule has 1 saturated carbocycles. The van der Waals surface area contributed by atoms with Gasteiger partial charge in [-0.3, -0.25) is 0 Å². The van der Waals surface area contributed by atoms with Gasteiger partial charge in [-0.1, -0.05) is 19.8 Å². The highest BCUT2D eigenvalue weighted by Crippen LogP contribution is 2.35. The van der Waals surface area contributed by atoms with E-state index in [2.05, 4.69) is 5.32 Å². The number of carbonyl (C=O) groups excluding carboxylic acids is 1. The average molecular weight is 268 g/mol. The van der Waals surface area contributed by atoms with Crippen LogP contribution in [0.15, 0.2) is 0 Å². The standard InChI is InChI=1S/C14H24N2O3/c1-3-14(12(17)18)7-4-8-16(14)13(19)15-10(2)9-11-5-6-11/h10-11H,3-9H2,1-2H3,(H,15,19)(H,17,18). The number of carboxylic acid groups (broad SMARTS) is 1. The minimum absolute atomic E-state index is 0.129. The molecule has 2 fully saturated rings. The molecule has 2 amide bonds. The van der Waals surface area contributed by atoms with E-state index in [0.717, 1.165) is 18.8 Å². The third-order valence-electron chi connectivity index (χ3n) is 4.47. The van der Waals surface area contributed by atoms with Crippen LogP contribution < -0.4 is 5.32 Å². The van der Waals surface area contributed by atoms with Gasteiger partial charge in [-0.15, -0.1) is 0 Å². The first-order chi connectivity index (χ1) is 8.99. The summed E-state index contributed by atoms with van der Waals surface area (Å²) in [6.45, 7) is 4.39. The minimum atomic E-state index is -0.997. The Kier molecular flexibility index (Phi) is 4.02. The number of carboxylic acids is 1. The molecule has 0 aromatic rings. The molecule has 2 unspecified atom stereocenters. The molecule has 1 saturated heterocycles. The van der Waals surface area contributed by atoms with Crippen LogP contribution in [-0.4, -0.2) is 40.1 Å². The smallest absolute Gasteiger partial charge is 0.329 e. The SMILES string of the molecule is CCC1(C(=O)O)CCCN1C(=O)NC(C)CC1CC1. The van der Waals surface area contributed by atoms with E-state index in [-0.39, 0.29) is 12.1 Å². The van der Waals surface area contributed by atoms with Gasteiger partial charge in [0.2, 0.25) is 0 Å². The number of likely N-dealkylation sites (tertiary alicyclic amines) is 1. The number of carbonyl (C=O) groups is 2. The van der Waals surface area contributed by atoms with Crippen molar-refractivity contribution < 1.29 is 14.7 Å². The zero-order valence-electron chi connectivity index (χ0n) is 11.8. The summed E-state index contributed by atoms with van der Waals surface area (Å²) in [7, 11) is 0. The van der Waals surface area contributed by atoms with Crippen molar-refractivity contribution in [1.29, 1.82) is 0 Å². The number of nitrogens with one attached hydrogen (secondary N) is 1. The molecule has 5 heteroatoms. The van der Waals surface area contributed by atoms with E-state index < -0.39 is 11.5 Å². The van der Waals surface area contributed by atoms with Crippen molar-refractivity contribution in [3.8, 4) is 0 Å². The van der Waals surface area contributed by atoms with Crippen LogP contribution in [-0.2, 0) is 4.79 Å². The summed E-state index contributed by atoms with van der Waals surface area (Å²) in [4.78, 5) is 25.3. The first kappa shape index (κ1) is 14.2. The highest BCUT2D eigenvalue weighted by atomic mass is 16.4. The maximum absolute atomic E-state index is 12.3. The highest BCUT2D eigenvalue weighted by molar-refractivity contribution is 5.87. The number of rotatable bonds is 5. The Hall–Kier alpha value is -1.26. The van der Waals surface area contributed by atoms with Gasteiger partial charge < -0.3 is 15.3 Å². The maximum atomic E-state index is 12.3. The molecule has 2 N–H and O–H groups in total. The number of amides is 2. The number of hydrogen-bond acceptors (Lipinski definition) is 2. The van der Waals surface area contributed by atoms with Crippen molar-refractivity contribution in [2.45, 2.75) is 64.0 Å². The van der Waals surface area contributed by atoms with Gasteiger partial charge in [0, 0.05) is 12.6 Å². The molecule has 108 valence electrons. The Morgan fingerprint density at radius 3 is 2.68 bits per heavy atom. The van der Waals surface area contributed by atoms with Gasteiger partial charge in [-0.25, -0.2) is 9.59 Å². The second-order valence-electron chi connectivity index (χ2n) is 5.98. The van der Waals surface area contributed by atoms with Crippen molar-refractivity contribution in [1.82, 2.24) is 10.2 Å². The molecule has 1 aliphatic heterocycles. The average Bonchev–Trinajstić information content (AvgIpc) is 3.04. The van der Waals surface area contributed by atoms with Crippen LogP contribution in [0.3, 0.4) is 0 Å². The topological polar surface area (TPSA) is 69.6 Å². The fraction of sp³-hybridized carbons (Fsp3) is 0.857. The largest absolute Gasteiger partial charge is 0.479 e. The Bertz CT molecular complexity index is 368. The predicted molar refractivity (Wildman–Crippen MR) is 71.9 cm³/mol. The van der Waals surface area contributed by atoms with Crippen LogP contribution >= 0.6 is 0 Å². The molecule has 5 nitrogen and oxygen atoms in total. The number of hydrogen-bond donors (Lipinski definition) is 2. The van der Waals surface area contributed by atoms with Crippen LogP contribution in [0, 0.1) is 5.92 Å². The van der Waals surface area contributed by atoms with Crippen molar-refractivity contribution in [3.63, 3.8) is 0 Å². The summed E-state index contributed by atoms with van der Waals surface area (Å²) in [5.41, 5.74) is -0.997. The molecular formula is C14H24N2O3. The van der Waals surface area contributed by atoms with E-state index in [1.807, 2.05) is 13.8 Å². The van der Waals surface area contributed by atoms with E-state index in [1.165, 1.54) is 17.7 Å². The summed E-state index contributed by atoms with van der Waals surface area (Å²) in [6, 6.07) is -0.0844. The van der Waals surface area contributed by atoms with E-state index in [9.17, 15) is 14.7 Å². The van der Waals surface area contributed by atoms with Gasteiger partial charge in [0.25, 0.3) is 0 Å². The second kappa shape index (κ2) is 5.39. The summed E-state index contributed by atoms with van der Waals surface area (Å²) < 4.78 is 0. The summed E-state index contributed by atoms with van der Waals surface area (Å²) in [5, 5.41) is 12.4. The van der Waals surface area contributed by atoms with Crippen LogP contribution in [0.25, 0.3) is 0 Å². The van der Waals surface area contributed by atoms with Crippen molar-refractivity contribution in [2.24, 2.45) is 5.92 Å². The van der Waals surface area contributed by atoms with Gasteiger partial charge in [0.1, 0.15) is 5.54 Å². The molecule has 2 rings (SSSR count). The molecule has 0 radical (unpaired) electrons. The Labute approximate surface area is 114 Å². The molecule has 19 heavy (non-hydrogen) atoms. The lowest BCUT2D eigenvalue weighted by Gasteiger charge is -2.34. The lowest BCUT2D eigenvalue weighted by Crippen LogP contribution is -2.56.